The Balaban J connectivity index is 1.53. The van der Waals surface area contributed by atoms with E-state index in [1.54, 1.807) is 6.33 Å². The number of fused-ring (bicyclic) bond motifs is 1. The molecule has 112 valence electrons. The molecule has 3 aromatic heterocycles. The van der Waals surface area contributed by atoms with Crippen LogP contribution in [0.2, 0.25) is 0 Å². The van der Waals surface area contributed by atoms with Crippen molar-refractivity contribution in [2.45, 2.75) is 5.92 Å². The lowest BCUT2D eigenvalue weighted by Gasteiger charge is -2.39. The molecule has 7 nitrogen and oxygen atoms in total. The minimum atomic E-state index is 0.384. The van der Waals surface area contributed by atoms with E-state index in [1.165, 1.54) is 0 Å². The number of hydrogen-bond acceptors (Lipinski definition) is 6. The van der Waals surface area contributed by atoms with Crippen LogP contribution in [-0.2, 0) is 0 Å². The summed E-state index contributed by atoms with van der Waals surface area (Å²) in [4.78, 5) is 12.8. The van der Waals surface area contributed by atoms with Crippen molar-refractivity contribution in [1.29, 1.82) is 0 Å². The van der Waals surface area contributed by atoms with Crippen LogP contribution >= 0.6 is 0 Å². The molecule has 1 aliphatic rings. The van der Waals surface area contributed by atoms with Gasteiger partial charge in [-0.15, -0.1) is 10.2 Å². The molecule has 0 spiro atoms. The molecule has 7 heteroatoms. The van der Waals surface area contributed by atoms with Gasteiger partial charge in [-0.1, -0.05) is 6.07 Å². The predicted molar refractivity (Wildman–Crippen MR) is 84.3 cm³/mol. The molecule has 4 heterocycles. The van der Waals surface area contributed by atoms with E-state index in [9.17, 15) is 0 Å². The molecule has 22 heavy (non-hydrogen) atoms. The van der Waals surface area contributed by atoms with Gasteiger partial charge in [0.2, 0.25) is 0 Å². The van der Waals surface area contributed by atoms with E-state index in [0.717, 1.165) is 36.2 Å². The Labute approximate surface area is 128 Å². The third-order valence-corrected chi connectivity index (χ3v) is 4.01. The molecule has 0 saturated carbocycles. The number of nitrogens with zero attached hydrogens (tertiary/aromatic N) is 7. The van der Waals surface area contributed by atoms with E-state index in [-0.39, 0.29) is 0 Å². The molecule has 0 aliphatic carbocycles. The van der Waals surface area contributed by atoms with Gasteiger partial charge in [-0.2, -0.15) is 0 Å². The van der Waals surface area contributed by atoms with Gasteiger partial charge in [0.1, 0.15) is 23.8 Å². The first-order valence-corrected chi connectivity index (χ1v) is 7.26. The third kappa shape index (κ3) is 2.05. The first-order chi connectivity index (χ1) is 10.7. The summed E-state index contributed by atoms with van der Waals surface area (Å²) in [5.74, 6) is 3.29. The van der Waals surface area contributed by atoms with E-state index in [4.69, 9.17) is 0 Å². The van der Waals surface area contributed by atoms with Crippen LogP contribution in [-0.4, -0.2) is 51.8 Å². The molecule has 3 aromatic rings. The Morgan fingerprint density at radius 1 is 1.14 bits per heavy atom. The maximum absolute atomic E-state index is 4.37. The lowest BCUT2D eigenvalue weighted by molar-refractivity contribution is 0.492. The van der Waals surface area contributed by atoms with Gasteiger partial charge in [0, 0.05) is 39.4 Å². The van der Waals surface area contributed by atoms with Crippen LogP contribution in [0.1, 0.15) is 11.7 Å². The van der Waals surface area contributed by atoms with Gasteiger partial charge in [0.05, 0.1) is 5.92 Å². The average Bonchev–Trinajstić information content (AvgIpc) is 2.90. The molecule has 0 radical (unpaired) electrons. The van der Waals surface area contributed by atoms with Crippen LogP contribution in [0.25, 0.3) is 5.65 Å². The van der Waals surface area contributed by atoms with E-state index >= 15 is 0 Å². The summed E-state index contributed by atoms with van der Waals surface area (Å²) in [5, 5.41) is 8.56. The van der Waals surface area contributed by atoms with Gasteiger partial charge >= 0.3 is 0 Å². The van der Waals surface area contributed by atoms with Crippen LogP contribution in [0.3, 0.4) is 0 Å². The van der Waals surface area contributed by atoms with Crippen molar-refractivity contribution in [3.05, 3.63) is 42.6 Å². The number of aromatic nitrogens is 5. The minimum Gasteiger partial charge on any atom is -0.363 e. The summed E-state index contributed by atoms with van der Waals surface area (Å²) < 4.78 is 2.06. The third-order valence-electron chi connectivity index (χ3n) is 4.01. The predicted octanol–water partition coefficient (Wildman–Crippen LogP) is 1.19. The van der Waals surface area contributed by atoms with Crippen molar-refractivity contribution in [1.82, 2.24) is 24.6 Å². The molecule has 0 amide bonds. The summed E-state index contributed by atoms with van der Waals surface area (Å²) >= 11 is 0. The van der Waals surface area contributed by atoms with Crippen molar-refractivity contribution >= 4 is 17.3 Å². The standard InChI is InChI=1S/C15H17N7/c1-20(2)13-7-14(17-10-16-13)21-8-11(9-21)15-19-18-12-5-3-4-6-22(12)15/h3-7,10-11H,8-9H2,1-2H3. The smallest absolute Gasteiger partial charge is 0.160 e. The number of pyridine rings is 1. The first kappa shape index (κ1) is 13.0. The number of rotatable bonds is 3. The molecule has 0 unspecified atom stereocenters. The Kier molecular flexibility index (Phi) is 2.92. The van der Waals surface area contributed by atoms with Crippen molar-refractivity contribution in [2.24, 2.45) is 0 Å². The minimum absolute atomic E-state index is 0.384. The topological polar surface area (TPSA) is 62.5 Å². The van der Waals surface area contributed by atoms with Crippen LogP contribution in [0.15, 0.2) is 36.8 Å². The zero-order valence-corrected chi connectivity index (χ0v) is 12.6. The SMILES string of the molecule is CN(C)c1cc(N2CC(c3nnc4ccccn34)C2)ncn1. The highest BCUT2D eigenvalue weighted by molar-refractivity contribution is 5.52. The van der Waals surface area contributed by atoms with Gasteiger partial charge in [0.25, 0.3) is 0 Å². The first-order valence-electron chi connectivity index (χ1n) is 7.26. The lowest BCUT2D eigenvalue weighted by Crippen LogP contribution is -2.46. The van der Waals surface area contributed by atoms with Gasteiger partial charge < -0.3 is 9.80 Å². The molecule has 1 aliphatic heterocycles. The fourth-order valence-corrected chi connectivity index (χ4v) is 2.72. The van der Waals surface area contributed by atoms with Crippen molar-refractivity contribution < 1.29 is 0 Å². The molecule has 4 rings (SSSR count). The van der Waals surface area contributed by atoms with E-state index in [2.05, 4.69) is 29.5 Å². The molecular weight excluding hydrogens is 278 g/mol. The lowest BCUT2D eigenvalue weighted by atomic mass is 9.99. The van der Waals surface area contributed by atoms with Crippen LogP contribution in [0.4, 0.5) is 11.6 Å². The quantitative estimate of drug-likeness (QED) is 0.723. The second kappa shape index (κ2) is 4.94. The monoisotopic (exact) mass is 295 g/mol. The molecule has 1 fully saturated rings. The maximum atomic E-state index is 4.37. The zero-order valence-electron chi connectivity index (χ0n) is 12.6. The fraction of sp³-hybridized carbons (Fsp3) is 0.333. The fourth-order valence-electron chi connectivity index (χ4n) is 2.72. The summed E-state index contributed by atoms with van der Waals surface area (Å²) in [5.41, 5.74) is 0.896. The van der Waals surface area contributed by atoms with Crippen molar-refractivity contribution in [3.8, 4) is 0 Å². The largest absolute Gasteiger partial charge is 0.363 e. The molecular formula is C15H17N7. The van der Waals surface area contributed by atoms with E-state index < -0.39 is 0 Å². The van der Waals surface area contributed by atoms with Crippen molar-refractivity contribution in [2.75, 3.05) is 37.0 Å². The van der Waals surface area contributed by atoms with E-state index in [1.807, 2.05) is 49.5 Å². The molecule has 0 bridgehead atoms. The summed E-state index contributed by atoms with van der Waals surface area (Å²) in [6.45, 7) is 1.80. The molecule has 0 N–H and O–H groups in total. The second-order valence-corrected chi connectivity index (χ2v) is 5.72. The van der Waals surface area contributed by atoms with Gasteiger partial charge in [-0.05, 0) is 12.1 Å². The van der Waals surface area contributed by atoms with E-state index in [0.29, 0.717) is 5.92 Å². The Morgan fingerprint density at radius 2 is 2.00 bits per heavy atom. The Bertz CT molecular complexity index is 804. The summed E-state index contributed by atoms with van der Waals surface area (Å²) in [6.07, 6.45) is 3.63. The number of anilines is 2. The number of hydrogen-bond donors (Lipinski definition) is 0. The highest BCUT2D eigenvalue weighted by atomic mass is 15.3. The molecule has 1 saturated heterocycles. The van der Waals surface area contributed by atoms with Crippen LogP contribution in [0.5, 0.6) is 0 Å². The zero-order chi connectivity index (χ0) is 15.1. The van der Waals surface area contributed by atoms with Gasteiger partial charge in [-0.25, -0.2) is 9.97 Å². The van der Waals surface area contributed by atoms with Crippen LogP contribution in [0, 0.1) is 0 Å². The Hall–Kier alpha value is -2.70. The maximum Gasteiger partial charge on any atom is 0.160 e. The summed E-state index contributed by atoms with van der Waals surface area (Å²) in [6, 6.07) is 7.97. The van der Waals surface area contributed by atoms with Crippen molar-refractivity contribution in [3.63, 3.8) is 0 Å². The molecule has 0 atom stereocenters. The van der Waals surface area contributed by atoms with Crippen LogP contribution < -0.4 is 9.80 Å². The normalized spacial score (nSPS) is 15.1. The summed E-state index contributed by atoms with van der Waals surface area (Å²) in [7, 11) is 3.96. The van der Waals surface area contributed by atoms with Gasteiger partial charge in [-0.3, -0.25) is 4.40 Å². The average molecular weight is 295 g/mol. The Morgan fingerprint density at radius 3 is 2.82 bits per heavy atom. The molecule has 0 aromatic carbocycles. The van der Waals surface area contributed by atoms with Gasteiger partial charge in [0.15, 0.2) is 5.65 Å². The highest BCUT2D eigenvalue weighted by Crippen LogP contribution is 2.30. The highest BCUT2D eigenvalue weighted by Gasteiger charge is 2.32. The second-order valence-electron chi connectivity index (χ2n) is 5.72.